The van der Waals surface area contributed by atoms with E-state index in [9.17, 15) is 4.39 Å². The number of rotatable bonds is 6. The third-order valence-electron chi connectivity index (χ3n) is 4.72. The molecular weight excluding hydrogens is 385 g/mol. The fraction of sp³-hybridized carbons (Fsp3) is 0.182. The molecule has 0 aliphatic carbocycles. The van der Waals surface area contributed by atoms with E-state index < -0.39 is 5.82 Å². The first-order valence-corrected chi connectivity index (χ1v) is 9.02. The van der Waals surface area contributed by atoms with Crippen LogP contribution in [0.1, 0.15) is 33.5 Å². The summed E-state index contributed by atoms with van der Waals surface area (Å²) in [5, 5.41) is 25.7. The Morgan fingerprint density at radius 2 is 2.03 bits per heavy atom. The Kier molecular flexibility index (Phi) is 5.93. The van der Waals surface area contributed by atoms with Crippen molar-refractivity contribution >= 4 is 11.4 Å². The molecule has 0 spiro atoms. The first kappa shape index (κ1) is 20.7. The summed E-state index contributed by atoms with van der Waals surface area (Å²) in [6, 6.07) is 9.41. The fourth-order valence-electron chi connectivity index (χ4n) is 2.97. The highest BCUT2D eigenvalue weighted by molar-refractivity contribution is 6.14. The van der Waals surface area contributed by atoms with Gasteiger partial charge in [0.1, 0.15) is 18.4 Å². The molecule has 152 valence electrons. The number of anilines is 1. The Morgan fingerprint density at radius 3 is 2.70 bits per heavy atom. The normalized spacial score (nSPS) is 10.4. The summed E-state index contributed by atoms with van der Waals surface area (Å²) in [4.78, 5) is 0. The number of aromatic nitrogens is 2. The molecule has 0 radical (unpaired) electrons. The minimum atomic E-state index is -0.765. The predicted molar refractivity (Wildman–Crippen MR) is 110 cm³/mol. The van der Waals surface area contributed by atoms with Crippen molar-refractivity contribution < 1.29 is 13.9 Å². The average molecular weight is 405 g/mol. The number of ether oxygens (including phenoxy) is 2. The van der Waals surface area contributed by atoms with E-state index in [0.29, 0.717) is 22.6 Å². The predicted octanol–water partition coefficient (Wildman–Crippen LogP) is 3.69. The molecule has 8 heteroatoms. The van der Waals surface area contributed by atoms with E-state index in [2.05, 4.69) is 10.2 Å². The largest absolute Gasteiger partial charge is 0.494 e. The van der Waals surface area contributed by atoms with E-state index in [1.807, 2.05) is 13.8 Å². The summed E-state index contributed by atoms with van der Waals surface area (Å²) in [7, 11) is 1.30. The Hall–Kier alpha value is -3.99. The van der Waals surface area contributed by atoms with E-state index in [4.69, 9.17) is 25.9 Å². The summed E-state index contributed by atoms with van der Waals surface area (Å²) in [6.45, 7) is 4.07. The van der Waals surface area contributed by atoms with Gasteiger partial charge in [-0.25, -0.2) is 4.39 Å². The molecular formula is C22H20FN5O2. The van der Waals surface area contributed by atoms with Crippen LogP contribution in [0.4, 0.5) is 10.1 Å². The molecule has 7 nitrogen and oxygen atoms in total. The van der Waals surface area contributed by atoms with Crippen LogP contribution in [0.15, 0.2) is 36.5 Å². The molecule has 0 bridgehead atoms. The number of benzene rings is 2. The lowest BCUT2D eigenvalue weighted by Crippen LogP contribution is -2.08. The van der Waals surface area contributed by atoms with Crippen LogP contribution >= 0.6 is 0 Å². The number of nitrogen functional groups attached to an aromatic ring is 1. The Labute approximate surface area is 173 Å². The van der Waals surface area contributed by atoms with Gasteiger partial charge in [-0.1, -0.05) is 0 Å². The van der Waals surface area contributed by atoms with Crippen LogP contribution in [0.25, 0.3) is 0 Å². The minimum absolute atomic E-state index is 0.0192. The smallest absolute Gasteiger partial charge is 0.182 e. The van der Waals surface area contributed by atoms with Crippen molar-refractivity contribution in [3.8, 4) is 17.6 Å². The molecule has 30 heavy (non-hydrogen) atoms. The van der Waals surface area contributed by atoms with Crippen LogP contribution in [0.3, 0.4) is 0 Å². The molecule has 0 aliphatic rings. The third kappa shape index (κ3) is 4.05. The highest BCUT2D eigenvalue weighted by Gasteiger charge is 2.17. The fourth-order valence-corrected chi connectivity index (χ4v) is 2.97. The molecule has 0 fully saturated rings. The maximum absolute atomic E-state index is 14.1. The van der Waals surface area contributed by atoms with Crippen molar-refractivity contribution in [1.82, 2.24) is 10.2 Å². The molecule has 0 atom stereocenters. The van der Waals surface area contributed by atoms with Crippen molar-refractivity contribution in [1.29, 1.82) is 10.7 Å². The number of nitrogens with one attached hydrogen (secondary N) is 1. The number of hydrogen-bond acceptors (Lipinski definition) is 7. The van der Waals surface area contributed by atoms with Crippen LogP contribution in [-0.2, 0) is 6.61 Å². The standard InChI is InChI=1S/C22H20FN5O2/c1-12-10-27-28-13(2)18(12)11-30-16-4-5-19(25)17(8-16)22(26)14-6-15(9-24)21(23)20(7-14)29-3/h4-8,10,26H,11,25H2,1-3H3. The lowest BCUT2D eigenvalue weighted by molar-refractivity contribution is 0.303. The van der Waals surface area contributed by atoms with Gasteiger partial charge in [-0.15, -0.1) is 0 Å². The van der Waals surface area contributed by atoms with Crippen molar-refractivity contribution in [2.75, 3.05) is 12.8 Å². The van der Waals surface area contributed by atoms with Crippen molar-refractivity contribution in [2.45, 2.75) is 20.5 Å². The summed E-state index contributed by atoms with van der Waals surface area (Å²) in [5.74, 6) is -0.372. The second-order valence-electron chi connectivity index (χ2n) is 6.66. The summed E-state index contributed by atoms with van der Waals surface area (Å²) in [6.07, 6.45) is 1.67. The molecule has 0 aliphatic heterocycles. The third-order valence-corrected chi connectivity index (χ3v) is 4.72. The van der Waals surface area contributed by atoms with Crippen molar-refractivity contribution in [3.05, 3.63) is 75.9 Å². The van der Waals surface area contributed by atoms with Gasteiger partial charge < -0.3 is 15.2 Å². The number of nitrogens with two attached hydrogens (primary N) is 1. The topological polar surface area (TPSA) is 118 Å². The Bertz CT molecular complexity index is 1150. The summed E-state index contributed by atoms with van der Waals surface area (Å²) >= 11 is 0. The molecule has 3 aromatic rings. The molecule has 0 unspecified atom stereocenters. The number of methoxy groups -OCH3 is 1. The monoisotopic (exact) mass is 405 g/mol. The number of nitriles is 1. The molecule has 3 rings (SSSR count). The van der Waals surface area contributed by atoms with Gasteiger partial charge in [-0.05, 0) is 49.7 Å². The second-order valence-corrected chi connectivity index (χ2v) is 6.66. The maximum Gasteiger partial charge on any atom is 0.182 e. The zero-order valence-corrected chi connectivity index (χ0v) is 16.8. The maximum atomic E-state index is 14.1. The number of halogens is 1. The van der Waals surface area contributed by atoms with E-state index in [-0.39, 0.29) is 23.6 Å². The average Bonchev–Trinajstić information content (AvgIpc) is 2.74. The first-order valence-electron chi connectivity index (χ1n) is 9.02. The zero-order chi connectivity index (χ0) is 21.8. The lowest BCUT2D eigenvalue weighted by Gasteiger charge is -2.14. The molecule has 2 aromatic carbocycles. The van der Waals surface area contributed by atoms with Gasteiger partial charge in [0.05, 0.1) is 30.3 Å². The van der Waals surface area contributed by atoms with Gasteiger partial charge in [-0.3, -0.25) is 5.41 Å². The van der Waals surface area contributed by atoms with Gasteiger partial charge in [0.15, 0.2) is 11.6 Å². The highest BCUT2D eigenvalue weighted by atomic mass is 19.1. The molecule has 1 aromatic heterocycles. The molecule has 0 saturated heterocycles. The van der Waals surface area contributed by atoms with E-state index in [1.165, 1.54) is 19.2 Å². The molecule has 3 N–H and O–H groups in total. The quantitative estimate of drug-likeness (QED) is 0.477. The molecule has 1 heterocycles. The Morgan fingerprint density at radius 1 is 1.27 bits per heavy atom. The highest BCUT2D eigenvalue weighted by Crippen LogP contribution is 2.28. The van der Waals surface area contributed by atoms with Gasteiger partial charge in [0.2, 0.25) is 0 Å². The minimum Gasteiger partial charge on any atom is -0.494 e. The van der Waals surface area contributed by atoms with Crippen LogP contribution in [0.2, 0.25) is 0 Å². The van der Waals surface area contributed by atoms with Crippen LogP contribution < -0.4 is 15.2 Å². The number of aryl methyl sites for hydroxylation is 2. The number of hydrogen-bond donors (Lipinski definition) is 2. The van der Waals surface area contributed by atoms with Gasteiger partial charge in [0, 0.05) is 22.4 Å². The lowest BCUT2D eigenvalue weighted by atomic mass is 9.98. The van der Waals surface area contributed by atoms with Crippen molar-refractivity contribution in [3.63, 3.8) is 0 Å². The van der Waals surface area contributed by atoms with Crippen molar-refractivity contribution in [2.24, 2.45) is 0 Å². The summed E-state index contributed by atoms with van der Waals surface area (Å²) in [5.41, 5.74) is 9.60. The first-order chi connectivity index (χ1) is 14.3. The van der Waals surface area contributed by atoms with Crippen LogP contribution in [0.5, 0.6) is 11.5 Å². The second kappa shape index (κ2) is 8.57. The molecule has 0 saturated carbocycles. The molecule has 0 amide bonds. The summed E-state index contributed by atoms with van der Waals surface area (Å²) < 4.78 is 25.0. The van der Waals surface area contributed by atoms with Crippen LogP contribution in [0, 0.1) is 36.4 Å². The van der Waals surface area contributed by atoms with Crippen LogP contribution in [-0.4, -0.2) is 23.0 Å². The van der Waals surface area contributed by atoms with E-state index in [0.717, 1.165) is 16.8 Å². The van der Waals surface area contributed by atoms with E-state index in [1.54, 1.807) is 30.5 Å². The van der Waals surface area contributed by atoms with Gasteiger partial charge >= 0.3 is 0 Å². The van der Waals surface area contributed by atoms with Gasteiger partial charge in [0.25, 0.3) is 0 Å². The van der Waals surface area contributed by atoms with Gasteiger partial charge in [-0.2, -0.15) is 15.5 Å². The zero-order valence-electron chi connectivity index (χ0n) is 16.8. The van der Waals surface area contributed by atoms with E-state index >= 15 is 0 Å². The Balaban J connectivity index is 1.92. The number of nitrogens with zero attached hydrogens (tertiary/aromatic N) is 3. The SMILES string of the molecule is COc1cc(C(=N)c2cc(OCc3c(C)cnnc3C)ccc2N)cc(C#N)c1F.